The van der Waals surface area contributed by atoms with Crippen LogP contribution in [0.3, 0.4) is 0 Å². The standard InChI is InChI=1S/C30H32N2O4/c1-21-9-7-10-22(19-21)20-36-25-15-13-24(14-16-25)28(33)26-27(23-11-5-4-6-12-23)32(30(35)29(26)34)18-8-17-31(2)3/h4-7,9-16,19,27,33H,8,17-18,20H2,1-3H3/t27-/m1/s1. The number of likely N-dealkylation sites (tertiary alicyclic amines) is 1. The van der Waals surface area contributed by atoms with E-state index in [2.05, 4.69) is 6.07 Å². The van der Waals surface area contributed by atoms with Crippen LogP contribution >= 0.6 is 0 Å². The number of nitrogens with zero attached hydrogens (tertiary/aromatic N) is 2. The molecule has 1 heterocycles. The number of carbonyl (C=O) groups is 2. The van der Waals surface area contributed by atoms with Gasteiger partial charge < -0.3 is 19.6 Å². The molecule has 3 aromatic rings. The summed E-state index contributed by atoms with van der Waals surface area (Å²) in [5.41, 5.74) is 3.61. The van der Waals surface area contributed by atoms with Crippen LogP contribution in [0.15, 0.2) is 84.4 Å². The molecule has 1 N–H and O–H groups in total. The first-order valence-corrected chi connectivity index (χ1v) is 12.1. The highest BCUT2D eigenvalue weighted by molar-refractivity contribution is 6.46. The van der Waals surface area contributed by atoms with Gasteiger partial charge in [-0.1, -0.05) is 60.2 Å². The number of aliphatic hydroxyl groups is 1. The monoisotopic (exact) mass is 484 g/mol. The summed E-state index contributed by atoms with van der Waals surface area (Å²) in [5.74, 6) is -0.771. The zero-order valence-electron chi connectivity index (χ0n) is 21.0. The van der Waals surface area contributed by atoms with Crippen LogP contribution in [0, 0.1) is 6.92 Å². The summed E-state index contributed by atoms with van der Waals surface area (Å²) in [4.78, 5) is 29.7. The molecule has 0 bridgehead atoms. The Morgan fingerprint density at radius 2 is 1.69 bits per heavy atom. The molecule has 3 aromatic carbocycles. The molecule has 6 nitrogen and oxygen atoms in total. The number of aryl methyl sites for hydroxylation is 1. The number of amides is 1. The van der Waals surface area contributed by atoms with Crippen molar-refractivity contribution >= 4 is 17.4 Å². The zero-order valence-corrected chi connectivity index (χ0v) is 21.0. The van der Waals surface area contributed by atoms with Gasteiger partial charge in [0.2, 0.25) is 0 Å². The maximum Gasteiger partial charge on any atom is 0.295 e. The number of benzene rings is 3. The third-order valence-electron chi connectivity index (χ3n) is 6.28. The Morgan fingerprint density at radius 3 is 2.36 bits per heavy atom. The van der Waals surface area contributed by atoms with Crippen LogP contribution in [0.25, 0.3) is 5.76 Å². The fraction of sp³-hybridized carbons (Fsp3) is 0.267. The van der Waals surface area contributed by atoms with E-state index in [1.54, 1.807) is 29.2 Å². The second-order valence-electron chi connectivity index (χ2n) is 9.36. The number of Topliss-reactive ketones (excluding diaryl/α,β-unsaturated/α-hetero) is 1. The highest BCUT2D eigenvalue weighted by Crippen LogP contribution is 2.39. The van der Waals surface area contributed by atoms with Gasteiger partial charge in [-0.2, -0.15) is 0 Å². The molecular weight excluding hydrogens is 452 g/mol. The van der Waals surface area contributed by atoms with Gasteiger partial charge in [-0.05, 0) is 69.4 Å². The van der Waals surface area contributed by atoms with Crippen molar-refractivity contribution in [2.75, 3.05) is 27.2 Å². The predicted octanol–water partition coefficient (Wildman–Crippen LogP) is 4.95. The van der Waals surface area contributed by atoms with Crippen LogP contribution < -0.4 is 4.74 Å². The minimum atomic E-state index is -0.661. The SMILES string of the molecule is Cc1cccc(COc2ccc(C(O)=C3C(=O)C(=O)N(CCCN(C)C)[C@@H]3c3ccccc3)cc2)c1. The quantitative estimate of drug-likeness (QED) is 0.264. The van der Waals surface area contributed by atoms with E-state index >= 15 is 0 Å². The van der Waals surface area contributed by atoms with Gasteiger partial charge in [0.15, 0.2) is 0 Å². The summed E-state index contributed by atoms with van der Waals surface area (Å²) in [7, 11) is 3.94. The molecule has 186 valence electrons. The van der Waals surface area contributed by atoms with E-state index < -0.39 is 17.7 Å². The Kier molecular flexibility index (Phi) is 7.86. The average molecular weight is 485 g/mol. The number of hydrogen-bond acceptors (Lipinski definition) is 5. The van der Waals surface area contributed by atoms with Gasteiger partial charge in [0, 0.05) is 12.1 Å². The number of ether oxygens (including phenoxy) is 1. The second kappa shape index (κ2) is 11.2. The van der Waals surface area contributed by atoms with Crippen molar-refractivity contribution < 1.29 is 19.4 Å². The smallest absolute Gasteiger partial charge is 0.295 e. The van der Waals surface area contributed by atoms with E-state index in [4.69, 9.17) is 4.74 Å². The van der Waals surface area contributed by atoms with E-state index in [9.17, 15) is 14.7 Å². The van der Waals surface area contributed by atoms with Crippen molar-refractivity contribution in [3.05, 3.63) is 107 Å². The van der Waals surface area contributed by atoms with E-state index in [1.165, 1.54) is 5.56 Å². The topological polar surface area (TPSA) is 70.1 Å². The Labute approximate surface area is 212 Å². The largest absolute Gasteiger partial charge is 0.507 e. The molecule has 36 heavy (non-hydrogen) atoms. The highest BCUT2D eigenvalue weighted by Gasteiger charge is 2.45. The molecule has 1 aliphatic rings. The van der Waals surface area contributed by atoms with Gasteiger partial charge in [0.25, 0.3) is 11.7 Å². The minimum absolute atomic E-state index is 0.115. The molecule has 1 saturated heterocycles. The third kappa shape index (κ3) is 5.66. The molecule has 4 rings (SSSR count). The molecule has 1 atom stereocenters. The van der Waals surface area contributed by atoms with Crippen molar-refractivity contribution in [1.82, 2.24) is 9.80 Å². The van der Waals surface area contributed by atoms with Crippen molar-refractivity contribution in [3.8, 4) is 5.75 Å². The number of aliphatic hydroxyl groups excluding tert-OH is 1. The Morgan fingerprint density at radius 1 is 0.972 bits per heavy atom. The number of ketones is 1. The Hall–Kier alpha value is -3.90. The van der Waals surface area contributed by atoms with E-state index in [0.717, 1.165) is 24.1 Å². The van der Waals surface area contributed by atoms with E-state index in [0.29, 0.717) is 24.5 Å². The van der Waals surface area contributed by atoms with Crippen LogP contribution in [-0.2, 0) is 16.2 Å². The van der Waals surface area contributed by atoms with E-state index in [-0.39, 0.29) is 11.3 Å². The molecule has 0 aromatic heterocycles. The number of carbonyl (C=O) groups excluding carboxylic acids is 2. The first-order chi connectivity index (χ1) is 17.3. The molecule has 0 radical (unpaired) electrons. The lowest BCUT2D eigenvalue weighted by Crippen LogP contribution is -2.32. The molecule has 0 aliphatic carbocycles. The Balaban J connectivity index is 1.60. The third-order valence-corrected chi connectivity index (χ3v) is 6.28. The van der Waals surface area contributed by atoms with Crippen LogP contribution in [0.4, 0.5) is 0 Å². The van der Waals surface area contributed by atoms with Crippen LogP contribution in [0.5, 0.6) is 5.75 Å². The molecule has 0 unspecified atom stereocenters. The predicted molar refractivity (Wildman–Crippen MR) is 141 cm³/mol. The molecule has 0 saturated carbocycles. The molecular formula is C30H32N2O4. The van der Waals surface area contributed by atoms with Crippen molar-refractivity contribution in [2.45, 2.75) is 26.0 Å². The van der Waals surface area contributed by atoms with Crippen LogP contribution in [-0.4, -0.2) is 53.8 Å². The van der Waals surface area contributed by atoms with Crippen molar-refractivity contribution in [2.24, 2.45) is 0 Å². The lowest BCUT2D eigenvalue weighted by Gasteiger charge is -2.26. The molecule has 1 amide bonds. The maximum atomic E-state index is 13.1. The van der Waals surface area contributed by atoms with Crippen molar-refractivity contribution in [3.63, 3.8) is 0 Å². The zero-order chi connectivity index (χ0) is 25.7. The first kappa shape index (κ1) is 25.2. The molecule has 1 fully saturated rings. The fourth-order valence-corrected chi connectivity index (χ4v) is 4.48. The Bertz CT molecular complexity index is 1250. The number of hydrogen-bond donors (Lipinski definition) is 1. The first-order valence-electron chi connectivity index (χ1n) is 12.1. The molecule has 0 spiro atoms. The van der Waals surface area contributed by atoms with Crippen LogP contribution in [0.2, 0.25) is 0 Å². The summed E-state index contributed by atoms with van der Waals surface area (Å²) in [6.07, 6.45) is 0.719. The lowest BCUT2D eigenvalue weighted by atomic mass is 9.95. The molecule has 1 aliphatic heterocycles. The van der Waals surface area contributed by atoms with Crippen LogP contribution in [0.1, 0.15) is 34.7 Å². The fourth-order valence-electron chi connectivity index (χ4n) is 4.48. The molecule has 6 heteroatoms. The summed E-state index contributed by atoms with van der Waals surface area (Å²) >= 11 is 0. The summed E-state index contributed by atoms with van der Waals surface area (Å²) < 4.78 is 5.89. The summed E-state index contributed by atoms with van der Waals surface area (Å²) in [6, 6.07) is 23.8. The highest BCUT2D eigenvalue weighted by atomic mass is 16.5. The minimum Gasteiger partial charge on any atom is -0.507 e. The second-order valence-corrected chi connectivity index (χ2v) is 9.36. The summed E-state index contributed by atoms with van der Waals surface area (Å²) in [6.45, 7) is 3.67. The maximum absolute atomic E-state index is 13.1. The number of rotatable bonds is 9. The van der Waals surface area contributed by atoms with Gasteiger partial charge in [-0.3, -0.25) is 9.59 Å². The average Bonchev–Trinajstić information content (AvgIpc) is 3.13. The van der Waals surface area contributed by atoms with Gasteiger partial charge in [0.05, 0.1) is 11.6 Å². The van der Waals surface area contributed by atoms with E-state index in [1.807, 2.05) is 74.4 Å². The lowest BCUT2D eigenvalue weighted by molar-refractivity contribution is -0.139. The van der Waals surface area contributed by atoms with Gasteiger partial charge in [-0.15, -0.1) is 0 Å². The summed E-state index contributed by atoms with van der Waals surface area (Å²) in [5, 5.41) is 11.2. The van der Waals surface area contributed by atoms with Crippen molar-refractivity contribution in [1.29, 1.82) is 0 Å². The van der Waals surface area contributed by atoms with Gasteiger partial charge in [0.1, 0.15) is 18.1 Å². The normalized spacial score (nSPS) is 17.1. The van der Waals surface area contributed by atoms with Gasteiger partial charge >= 0.3 is 0 Å². The van der Waals surface area contributed by atoms with Gasteiger partial charge in [-0.25, -0.2) is 0 Å².